The van der Waals surface area contributed by atoms with Crippen LogP contribution in [0.5, 0.6) is 5.75 Å². The minimum absolute atomic E-state index is 0.491. The van der Waals surface area contributed by atoms with Gasteiger partial charge in [-0.15, -0.1) is 11.3 Å². The summed E-state index contributed by atoms with van der Waals surface area (Å²) in [4.78, 5) is 14.1. The Kier molecular flexibility index (Phi) is 4.61. The van der Waals surface area contributed by atoms with Crippen LogP contribution in [0.15, 0.2) is 41.7 Å². The fourth-order valence-electron chi connectivity index (χ4n) is 1.98. The van der Waals surface area contributed by atoms with Gasteiger partial charge in [0.05, 0.1) is 23.4 Å². The maximum Gasteiger partial charge on any atom is 0.187 e. The van der Waals surface area contributed by atoms with Crippen LogP contribution in [0.4, 0.5) is 0 Å². The molecule has 0 aliphatic carbocycles. The molecule has 4 nitrogen and oxygen atoms in total. The molecule has 0 saturated carbocycles. The number of hydrogen-bond acceptors (Lipinski definition) is 6. The van der Waals surface area contributed by atoms with Gasteiger partial charge in [-0.25, -0.2) is 15.0 Å². The minimum atomic E-state index is 0.491. The fourth-order valence-corrected chi connectivity index (χ4v) is 3.43. The Hall–Kier alpha value is -1.63. The molecule has 0 aliphatic rings. The lowest BCUT2D eigenvalue weighted by atomic mass is 10.1. The second-order valence-electron chi connectivity index (χ2n) is 4.30. The van der Waals surface area contributed by atoms with Crippen molar-refractivity contribution in [2.75, 3.05) is 13.4 Å². The second-order valence-corrected chi connectivity index (χ2v) is 6.66. The van der Waals surface area contributed by atoms with Crippen LogP contribution in [0.3, 0.4) is 0 Å². The van der Waals surface area contributed by atoms with E-state index in [9.17, 15) is 0 Å². The average Bonchev–Trinajstić information content (AvgIpc) is 2.97. The molecule has 0 atom stereocenters. The summed E-state index contributed by atoms with van der Waals surface area (Å²) in [6, 6.07) is 9.60. The van der Waals surface area contributed by atoms with E-state index in [4.69, 9.17) is 16.3 Å². The van der Waals surface area contributed by atoms with Gasteiger partial charge in [0.1, 0.15) is 5.75 Å². The predicted molar refractivity (Wildman–Crippen MR) is 91.9 cm³/mol. The number of ether oxygens (including phenoxy) is 1. The van der Waals surface area contributed by atoms with Crippen LogP contribution < -0.4 is 4.74 Å². The van der Waals surface area contributed by atoms with Gasteiger partial charge in [-0.1, -0.05) is 23.4 Å². The molecule has 2 aromatic heterocycles. The Morgan fingerprint density at radius 1 is 1.14 bits per heavy atom. The van der Waals surface area contributed by atoms with Crippen LogP contribution in [-0.2, 0) is 0 Å². The number of benzene rings is 1. The molecule has 0 fully saturated rings. The highest BCUT2D eigenvalue weighted by Crippen LogP contribution is 2.38. The van der Waals surface area contributed by atoms with Crippen LogP contribution >= 0.6 is 34.7 Å². The number of rotatable bonds is 4. The zero-order valence-electron chi connectivity index (χ0n) is 11.9. The molecule has 0 radical (unpaired) electrons. The van der Waals surface area contributed by atoms with Gasteiger partial charge in [0.2, 0.25) is 0 Å². The standard InChI is InChI=1S/C15H12ClN3OS2/c1-20-10-5-3-9(4-6-10)12-13(22-14(16)19-12)11-7-8-17-15(18-11)21-2/h3-8H,1-2H3. The normalized spacial score (nSPS) is 10.7. The van der Waals surface area contributed by atoms with Gasteiger partial charge in [-0.2, -0.15) is 0 Å². The minimum Gasteiger partial charge on any atom is -0.497 e. The molecule has 2 heterocycles. The maximum atomic E-state index is 6.13. The van der Waals surface area contributed by atoms with Crippen molar-refractivity contribution < 1.29 is 4.74 Å². The van der Waals surface area contributed by atoms with Gasteiger partial charge in [-0.05, 0) is 36.6 Å². The van der Waals surface area contributed by atoms with Crippen molar-refractivity contribution >= 4 is 34.7 Å². The molecule has 0 amide bonds. The molecule has 112 valence electrons. The molecule has 0 saturated heterocycles. The third kappa shape index (κ3) is 3.09. The number of hydrogen-bond donors (Lipinski definition) is 0. The summed E-state index contributed by atoms with van der Waals surface area (Å²) in [5, 5.41) is 0.725. The van der Waals surface area contributed by atoms with Crippen LogP contribution in [0.25, 0.3) is 21.8 Å². The summed E-state index contributed by atoms with van der Waals surface area (Å²) < 4.78 is 5.68. The number of methoxy groups -OCH3 is 1. The van der Waals surface area contributed by atoms with E-state index in [2.05, 4.69) is 15.0 Å². The largest absolute Gasteiger partial charge is 0.497 e. The van der Waals surface area contributed by atoms with Gasteiger partial charge < -0.3 is 4.74 Å². The second kappa shape index (κ2) is 6.64. The van der Waals surface area contributed by atoms with Gasteiger partial charge in [0.25, 0.3) is 0 Å². The Labute approximate surface area is 141 Å². The highest BCUT2D eigenvalue weighted by atomic mass is 35.5. The van der Waals surface area contributed by atoms with Crippen molar-refractivity contribution in [2.24, 2.45) is 0 Å². The molecule has 0 unspecified atom stereocenters. The van der Waals surface area contributed by atoms with Crippen molar-refractivity contribution in [1.29, 1.82) is 0 Å². The Morgan fingerprint density at radius 2 is 1.91 bits per heavy atom. The van der Waals surface area contributed by atoms with E-state index in [0.29, 0.717) is 4.47 Å². The van der Waals surface area contributed by atoms with Crippen LogP contribution in [-0.4, -0.2) is 28.3 Å². The highest BCUT2D eigenvalue weighted by Gasteiger charge is 2.16. The van der Waals surface area contributed by atoms with E-state index in [1.54, 1.807) is 13.3 Å². The van der Waals surface area contributed by atoms with E-state index in [1.807, 2.05) is 36.6 Å². The maximum absolute atomic E-state index is 6.13. The summed E-state index contributed by atoms with van der Waals surface area (Å²) in [5.41, 5.74) is 2.63. The number of nitrogens with zero attached hydrogens (tertiary/aromatic N) is 3. The van der Waals surface area contributed by atoms with Gasteiger partial charge in [0.15, 0.2) is 9.62 Å². The van der Waals surface area contributed by atoms with E-state index in [-0.39, 0.29) is 0 Å². The summed E-state index contributed by atoms with van der Waals surface area (Å²) in [6.45, 7) is 0. The average molecular weight is 350 g/mol. The Bertz CT molecular complexity index is 790. The van der Waals surface area contributed by atoms with E-state index in [1.165, 1.54) is 23.1 Å². The first-order valence-electron chi connectivity index (χ1n) is 6.39. The van der Waals surface area contributed by atoms with E-state index < -0.39 is 0 Å². The highest BCUT2D eigenvalue weighted by molar-refractivity contribution is 7.98. The van der Waals surface area contributed by atoms with Crippen LogP contribution in [0.1, 0.15) is 0 Å². The van der Waals surface area contributed by atoms with Crippen molar-refractivity contribution in [2.45, 2.75) is 5.16 Å². The fraction of sp³-hybridized carbons (Fsp3) is 0.133. The topological polar surface area (TPSA) is 47.9 Å². The molecule has 0 spiro atoms. The van der Waals surface area contributed by atoms with Crippen LogP contribution in [0, 0.1) is 0 Å². The van der Waals surface area contributed by atoms with Gasteiger partial charge in [-0.3, -0.25) is 0 Å². The SMILES string of the molecule is COc1ccc(-c2nc(Cl)sc2-c2ccnc(SC)n2)cc1. The first-order valence-corrected chi connectivity index (χ1v) is 8.81. The number of aromatic nitrogens is 3. The van der Waals surface area contributed by atoms with Crippen molar-refractivity contribution in [1.82, 2.24) is 15.0 Å². The van der Waals surface area contributed by atoms with Crippen molar-refractivity contribution in [3.8, 4) is 27.6 Å². The third-order valence-corrected chi connectivity index (χ3v) is 4.76. The molecule has 7 heteroatoms. The Morgan fingerprint density at radius 3 is 2.59 bits per heavy atom. The van der Waals surface area contributed by atoms with E-state index >= 15 is 0 Å². The molecular weight excluding hydrogens is 338 g/mol. The first kappa shape index (κ1) is 15.3. The number of thioether (sulfide) groups is 1. The van der Waals surface area contributed by atoms with Gasteiger partial charge >= 0.3 is 0 Å². The van der Waals surface area contributed by atoms with Crippen molar-refractivity contribution in [3.05, 3.63) is 41.0 Å². The molecule has 1 aromatic carbocycles. The van der Waals surface area contributed by atoms with Gasteiger partial charge in [0, 0.05) is 11.8 Å². The summed E-state index contributed by atoms with van der Waals surface area (Å²) >= 11 is 9.05. The molecule has 3 aromatic rings. The van der Waals surface area contributed by atoms with Crippen LogP contribution in [0.2, 0.25) is 4.47 Å². The summed E-state index contributed by atoms with van der Waals surface area (Å²) in [5.74, 6) is 0.804. The molecular formula is C15H12ClN3OS2. The van der Waals surface area contributed by atoms with E-state index in [0.717, 1.165) is 32.7 Å². The number of thiazole rings is 1. The summed E-state index contributed by atoms with van der Waals surface area (Å²) in [6.07, 6.45) is 3.70. The smallest absolute Gasteiger partial charge is 0.187 e. The zero-order valence-corrected chi connectivity index (χ0v) is 14.3. The zero-order chi connectivity index (χ0) is 15.5. The lowest BCUT2D eigenvalue weighted by molar-refractivity contribution is 0.415. The molecule has 22 heavy (non-hydrogen) atoms. The summed E-state index contributed by atoms with van der Waals surface area (Å²) in [7, 11) is 1.64. The Balaban J connectivity index is 2.08. The molecule has 0 N–H and O–H groups in total. The lowest BCUT2D eigenvalue weighted by Crippen LogP contribution is -1.89. The molecule has 0 bridgehead atoms. The quantitative estimate of drug-likeness (QED) is 0.506. The number of halogens is 1. The monoisotopic (exact) mass is 349 g/mol. The van der Waals surface area contributed by atoms with Crippen molar-refractivity contribution in [3.63, 3.8) is 0 Å². The molecule has 3 rings (SSSR count). The lowest BCUT2D eigenvalue weighted by Gasteiger charge is -2.04. The third-order valence-electron chi connectivity index (χ3n) is 3.01. The predicted octanol–water partition coefficient (Wildman–Crippen LogP) is 4.65. The first-order chi connectivity index (χ1) is 10.7. The molecule has 0 aliphatic heterocycles.